The average Bonchev–Trinajstić information content (AvgIpc) is 3.51. The van der Waals surface area contributed by atoms with Crippen molar-refractivity contribution >= 4 is 11.8 Å². The van der Waals surface area contributed by atoms with Gasteiger partial charge in [-0.15, -0.1) is 0 Å². The van der Waals surface area contributed by atoms with Gasteiger partial charge in [0.15, 0.2) is 17.3 Å². The summed E-state index contributed by atoms with van der Waals surface area (Å²) in [6.07, 6.45) is 2.35. The van der Waals surface area contributed by atoms with Crippen LogP contribution in [0.2, 0.25) is 0 Å². The molecule has 2 aromatic rings. The van der Waals surface area contributed by atoms with Crippen LogP contribution in [0.5, 0.6) is 0 Å². The van der Waals surface area contributed by atoms with Crippen LogP contribution < -0.4 is 10.6 Å². The summed E-state index contributed by atoms with van der Waals surface area (Å²) in [6.45, 7) is 7.89. The van der Waals surface area contributed by atoms with Gasteiger partial charge in [-0.3, -0.25) is 14.5 Å². The largest absolute Gasteiger partial charge is 0.357 e. The Morgan fingerprint density at radius 3 is 2.41 bits per heavy atom. The summed E-state index contributed by atoms with van der Waals surface area (Å²) in [4.78, 5) is 32.4. The molecule has 1 aliphatic carbocycles. The molecule has 1 aromatic heterocycles. The summed E-state index contributed by atoms with van der Waals surface area (Å²) >= 11 is 0. The lowest BCUT2D eigenvalue weighted by atomic mass is 9.86. The molecule has 0 radical (unpaired) electrons. The van der Waals surface area contributed by atoms with Gasteiger partial charge >= 0.3 is 0 Å². The van der Waals surface area contributed by atoms with Gasteiger partial charge in [-0.25, -0.2) is 18.2 Å². The third-order valence-electron chi connectivity index (χ3n) is 6.42. The van der Waals surface area contributed by atoms with E-state index in [4.69, 9.17) is 0 Å². The Morgan fingerprint density at radius 2 is 1.79 bits per heavy atom. The number of rotatable bonds is 6. The fraction of sp³-hybridized carbons (Fsp3) is 0.542. The predicted molar refractivity (Wildman–Crippen MR) is 120 cm³/mol. The molecule has 34 heavy (non-hydrogen) atoms. The van der Waals surface area contributed by atoms with Crippen molar-refractivity contribution in [2.24, 2.45) is 11.3 Å². The van der Waals surface area contributed by atoms with Crippen LogP contribution >= 0.6 is 0 Å². The normalized spacial score (nSPS) is 17.3. The van der Waals surface area contributed by atoms with Gasteiger partial charge < -0.3 is 15.2 Å². The number of likely N-dealkylation sites (N-methyl/N-ethyl adjacent to an activating group) is 1. The molecule has 0 bridgehead atoms. The highest BCUT2D eigenvalue weighted by Gasteiger charge is 2.36. The lowest BCUT2D eigenvalue weighted by molar-refractivity contribution is -0.124. The van der Waals surface area contributed by atoms with Crippen LogP contribution in [-0.2, 0) is 17.9 Å². The number of nitrogens with one attached hydrogen (secondary N) is 2. The van der Waals surface area contributed by atoms with Crippen LogP contribution in [0.25, 0.3) is 11.4 Å². The van der Waals surface area contributed by atoms with Gasteiger partial charge in [0.05, 0.1) is 11.3 Å². The summed E-state index contributed by atoms with van der Waals surface area (Å²) in [5.41, 5.74) is -0.179. The van der Waals surface area contributed by atoms with Crippen LogP contribution in [0.3, 0.4) is 0 Å². The van der Waals surface area contributed by atoms with Gasteiger partial charge in [0.1, 0.15) is 17.7 Å². The Balaban J connectivity index is 1.75. The fourth-order valence-corrected chi connectivity index (χ4v) is 4.34. The molecule has 1 atom stereocenters. The molecule has 4 rings (SSSR count). The zero-order valence-electron chi connectivity index (χ0n) is 19.8. The van der Waals surface area contributed by atoms with Gasteiger partial charge in [-0.1, -0.05) is 20.8 Å². The lowest BCUT2D eigenvalue weighted by Crippen LogP contribution is -2.53. The zero-order valence-corrected chi connectivity index (χ0v) is 19.8. The number of imidazole rings is 1. The van der Waals surface area contributed by atoms with E-state index in [0.717, 1.165) is 12.6 Å². The van der Waals surface area contributed by atoms with Crippen molar-refractivity contribution in [1.29, 1.82) is 0 Å². The summed E-state index contributed by atoms with van der Waals surface area (Å²) in [6, 6.07) is 0.410. The van der Waals surface area contributed by atoms with E-state index in [1.807, 2.05) is 20.8 Å². The van der Waals surface area contributed by atoms with E-state index < -0.39 is 34.8 Å². The maximum atomic E-state index is 14.6. The fourth-order valence-electron chi connectivity index (χ4n) is 4.34. The molecular formula is C24H30F3N5O2. The molecule has 2 aliphatic rings. The van der Waals surface area contributed by atoms with Crippen molar-refractivity contribution in [3.63, 3.8) is 0 Å². The molecular weight excluding hydrogens is 447 g/mol. The second-order valence-corrected chi connectivity index (χ2v) is 10.2. The molecule has 1 unspecified atom stereocenters. The number of benzene rings is 1. The molecule has 0 saturated heterocycles. The highest BCUT2D eigenvalue weighted by molar-refractivity contribution is 5.98. The molecule has 184 valence electrons. The molecule has 7 nitrogen and oxygen atoms in total. The molecule has 2 heterocycles. The first-order valence-electron chi connectivity index (χ1n) is 11.5. The van der Waals surface area contributed by atoms with Crippen molar-refractivity contribution < 1.29 is 22.8 Å². The van der Waals surface area contributed by atoms with Crippen LogP contribution in [0, 0.1) is 28.8 Å². The van der Waals surface area contributed by atoms with Crippen LogP contribution in [-0.4, -0.2) is 52.4 Å². The first kappa shape index (κ1) is 24.3. The molecule has 1 saturated carbocycles. The molecule has 0 spiro atoms. The third-order valence-corrected chi connectivity index (χ3v) is 6.42. The summed E-state index contributed by atoms with van der Waals surface area (Å²) in [7, 11) is 1.49. The van der Waals surface area contributed by atoms with Crippen LogP contribution in [0.4, 0.5) is 13.2 Å². The van der Waals surface area contributed by atoms with Gasteiger partial charge in [-0.2, -0.15) is 0 Å². The number of carbonyl (C=O) groups is 2. The van der Waals surface area contributed by atoms with Crippen molar-refractivity contribution in [3.05, 3.63) is 41.0 Å². The Hall–Kier alpha value is -2.88. The number of carbonyl (C=O) groups excluding carboxylic acids is 2. The van der Waals surface area contributed by atoms with Gasteiger partial charge in [0.25, 0.3) is 5.91 Å². The van der Waals surface area contributed by atoms with Crippen molar-refractivity contribution in [1.82, 2.24) is 25.1 Å². The smallest absolute Gasteiger partial charge is 0.272 e. The average molecular weight is 478 g/mol. The SMILES string of the molecule is CNC(=O)C(NC(=O)c1nc(-c2cc(F)c(F)cc2F)n2c1CN(CC1CC1)CC2)C(C)(C)C. The minimum atomic E-state index is -1.29. The molecule has 1 aliphatic heterocycles. The van der Waals surface area contributed by atoms with Crippen LogP contribution in [0.1, 0.15) is 49.8 Å². The molecule has 2 amide bonds. The maximum absolute atomic E-state index is 14.6. The van der Waals surface area contributed by atoms with E-state index in [2.05, 4.69) is 20.5 Å². The number of hydrogen-bond donors (Lipinski definition) is 2. The van der Waals surface area contributed by atoms with E-state index in [1.165, 1.54) is 19.9 Å². The number of amides is 2. The first-order chi connectivity index (χ1) is 16.0. The number of aromatic nitrogens is 2. The van der Waals surface area contributed by atoms with E-state index in [-0.39, 0.29) is 23.0 Å². The first-order valence-corrected chi connectivity index (χ1v) is 11.5. The topological polar surface area (TPSA) is 79.3 Å². The minimum Gasteiger partial charge on any atom is -0.357 e. The highest BCUT2D eigenvalue weighted by Crippen LogP contribution is 2.33. The Kier molecular flexibility index (Phi) is 6.46. The summed E-state index contributed by atoms with van der Waals surface area (Å²) in [5, 5.41) is 5.33. The quantitative estimate of drug-likeness (QED) is 0.627. The summed E-state index contributed by atoms with van der Waals surface area (Å²) < 4.78 is 43.9. The monoisotopic (exact) mass is 477 g/mol. The molecule has 2 N–H and O–H groups in total. The summed E-state index contributed by atoms with van der Waals surface area (Å²) in [5.74, 6) is -3.68. The minimum absolute atomic E-state index is 0.0535. The van der Waals surface area contributed by atoms with Gasteiger partial charge in [-0.05, 0) is 30.2 Å². The maximum Gasteiger partial charge on any atom is 0.272 e. The van der Waals surface area contributed by atoms with E-state index in [0.29, 0.717) is 37.3 Å². The van der Waals surface area contributed by atoms with Crippen molar-refractivity contribution in [3.8, 4) is 11.4 Å². The molecule has 1 aromatic carbocycles. The van der Waals surface area contributed by atoms with Gasteiger partial charge in [0.2, 0.25) is 5.91 Å². The molecule has 1 fully saturated rings. The Morgan fingerprint density at radius 1 is 1.12 bits per heavy atom. The number of halogens is 3. The van der Waals surface area contributed by atoms with Crippen molar-refractivity contribution in [2.45, 2.75) is 52.7 Å². The van der Waals surface area contributed by atoms with E-state index in [1.54, 1.807) is 4.57 Å². The standard InChI is InChI=1S/C24H30F3N5O2/c1-24(2,3)20(23(34)28-4)30-22(33)19-18-12-31(11-13-5-6-13)7-8-32(18)21(29-19)14-9-16(26)17(27)10-15(14)25/h9-10,13,20H,5-8,11-12H2,1-4H3,(H,28,34)(H,30,33). The number of hydrogen-bond acceptors (Lipinski definition) is 4. The highest BCUT2D eigenvalue weighted by atomic mass is 19.2. The number of fused-ring (bicyclic) bond motifs is 1. The Labute approximate surface area is 196 Å². The van der Waals surface area contributed by atoms with Gasteiger partial charge in [0, 0.05) is 39.3 Å². The predicted octanol–water partition coefficient (Wildman–Crippen LogP) is 3.08. The molecule has 10 heteroatoms. The van der Waals surface area contributed by atoms with E-state index in [9.17, 15) is 22.8 Å². The van der Waals surface area contributed by atoms with Crippen LogP contribution in [0.15, 0.2) is 12.1 Å². The third kappa shape index (κ3) is 4.82. The number of nitrogens with zero attached hydrogens (tertiary/aromatic N) is 3. The van der Waals surface area contributed by atoms with Crippen molar-refractivity contribution in [2.75, 3.05) is 20.1 Å². The van der Waals surface area contributed by atoms with E-state index >= 15 is 0 Å². The zero-order chi connectivity index (χ0) is 24.8. The second-order valence-electron chi connectivity index (χ2n) is 10.2. The lowest BCUT2D eigenvalue weighted by Gasteiger charge is -2.31. The Bertz CT molecular complexity index is 1120. The second kappa shape index (κ2) is 9.05.